The van der Waals surface area contributed by atoms with E-state index in [0.717, 1.165) is 43.5 Å². The second kappa shape index (κ2) is 9.10. The predicted octanol–water partition coefficient (Wildman–Crippen LogP) is 2.49. The summed E-state index contributed by atoms with van der Waals surface area (Å²) in [5, 5.41) is 16.5. The van der Waals surface area contributed by atoms with E-state index in [1.54, 1.807) is 11.3 Å². The number of aromatic nitrogens is 1. The van der Waals surface area contributed by atoms with Crippen LogP contribution in [0.4, 0.5) is 4.79 Å². The second-order valence-electron chi connectivity index (χ2n) is 5.91. The number of thiazole rings is 1. The quantitative estimate of drug-likeness (QED) is 0.704. The highest BCUT2D eigenvalue weighted by atomic mass is 32.1. The molecule has 1 aromatic rings. The minimum atomic E-state index is -0.127. The van der Waals surface area contributed by atoms with Crippen LogP contribution in [0.15, 0.2) is 6.20 Å². The van der Waals surface area contributed by atoms with E-state index in [-0.39, 0.29) is 24.6 Å². The molecule has 6 heteroatoms. The number of carbonyl (C=O) groups excluding carboxylic acids is 1. The van der Waals surface area contributed by atoms with Gasteiger partial charge in [-0.05, 0) is 19.3 Å². The third-order valence-corrected chi connectivity index (χ3v) is 5.49. The molecule has 0 saturated heterocycles. The molecule has 0 bridgehead atoms. The number of hydrogen-bond donors (Lipinski definition) is 3. The van der Waals surface area contributed by atoms with Crippen molar-refractivity contribution in [2.24, 2.45) is 5.92 Å². The van der Waals surface area contributed by atoms with E-state index in [4.69, 9.17) is 0 Å². The van der Waals surface area contributed by atoms with Crippen LogP contribution in [0.3, 0.4) is 0 Å². The zero-order valence-corrected chi connectivity index (χ0v) is 14.1. The maximum atomic E-state index is 12.0. The number of carbonyl (C=O) groups is 1. The summed E-state index contributed by atoms with van der Waals surface area (Å²) in [5.41, 5.74) is 0. The minimum absolute atomic E-state index is 0.0963. The van der Waals surface area contributed by atoms with Gasteiger partial charge in [0.2, 0.25) is 0 Å². The van der Waals surface area contributed by atoms with E-state index in [9.17, 15) is 9.90 Å². The minimum Gasteiger partial charge on any atom is -0.396 e. The lowest BCUT2D eigenvalue weighted by molar-refractivity contribution is 0.179. The number of aliphatic hydroxyl groups excluding tert-OH is 1. The average molecular weight is 325 g/mol. The summed E-state index contributed by atoms with van der Waals surface area (Å²) >= 11 is 1.71. The lowest BCUT2D eigenvalue weighted by Gasteiger charge is -2.24. The molecule has 1 fully saturated rings. The normalized spacial score (nSPS) is 22.1. The van der Waals surface area contributed by atoms with E-state index in [1.165, 1.54) is 11.3 Å². The standard InChI is InChI=1S/C16H27N3O2S/c1-2-13-10-18-15(22-13)8-9-17-16(21)19-14-7-5-3-4-6-12(14)11-20/h10,12,14,20H,2-9,11H2,1H3,(H2,17,19,21). The summed E-state index contributed by atoms with van der Waals surface area (Å²) in [5.74, 6) is 0.194. The van der Waals surface area contributed by atoms with Crippen molar-refractivity contribution in [1.29, 1.82) is 0 Å². The Balaban J connectivity index is 1.72. The molecule has 0 radical (unpaired) electrons. The lowest BCUT2D eigenvalue weighted by Crippen LogP contribution is -2.46. The van der Waals surface area contributed by atoms with Crippen molar-refractivity contribution < 1.29 is 9.90 Å². The smallest absolute Gasteiger partial charge is 0.315 e. The third kappa shape index (κ3) is 5.25. The number of aryl methyl sites for hydroxylation is 1. The van der Waals surface area contributed by atoms with Gasteiger partial charge in [-0.15, -0.1) is 11.3 Å². The van der Waals surface area contributed by atoms with Crippen LogP contribution in [0.25, 0.3) is 0 Å². The van der Waals surface area contributed by atoms with Gasteiger partial charge in [-0.1, -0.05) is 26.2 Å². The van der Waals surface area contributed by atoms with Gasteiger partial charge >= 0.3 is 6.03 Å². The van der Waals surface area contributed by atoms with Crippen LogP contribution in [0.2, 0.25) is 0 Å². The van der Waals surface area contributed by atoms with Gasteiger partial charge in [0.25, 0.3) is 0 Å². The molecule has 2 amide bonds. The van der Waals surface area contributed by atoms with Gasteiger partial charge in [0, 0.05) is 42.6 Å². The fourth-order valence-electron chi connectivity index (χ4n) is 2.92. The van der Waals surface area contributed by atoms with E-state index in [0.29, 0.717) is 6.54 Å². The summed E-state index contributed by atoms with van der Waals surface area (Å²) in [6, 6.07) is -0.0309. The van der Waals surface area contributed by atoms with Gasteiger partial charge in [0.05, 0.1) is 5.01 Å². The van der Waals surface area contributed by atoms with Gasteiger partial charge in [-0.3, -0.25) is 0 Å². The molecule has 1 aliphatic carbocycles. The maximum Gasteiger partial charge on any atom is 0.315 e. The Labute approximate surface area is 136 Å². The zero-order chi connectivity index (χ0) is 15.8. The number of nitrogens with one attached hydrogen (secondary N) is 2. The lowest BCUT2D eigenvalue weighted by atomic mass is 9.96. The Morgan fingerprint density at radius 2 is 2.23 bits per heavy atom. The number of urea groups is 1. The maximum absolute atomic E-state index is 12.0. The van der Waals surface area contributed by atoms with Crippen molar-refractivity contribution >= 4 is 17.4 Å². The molecule has 1 saturated carbocycles. The first kappa shape index (κ1) is 17.2. The van der Waals surface area contributed by atoms with Gasteiger partial charge in [-0.2, -0.15) is 0 Å². The summed E-state index contributed by atoms with van der Waals surface area (Å²) in [4.78, 5) is 17.6. The molecule has 0 spiro atoms. The van der Waals surface area contributed by atoms with Gasteiger partial charge in [0.1, 0.15) is 0 Å². The van der Waals surface area contributed by atoms with Crippen molar-refractivity contribution in [2.75, 3.05) is 13.2 Å². The molecule has 0 aliphatic heterocycles. The first-order valence-corrected chi connectivity index (χ1v) is 9.13. The molecule has 3 N–H and O–H groups in total. The Bertz CT molecular complexity index is 464. The average Bonchev–Trinajstić information content (AvgIpc) is 2.86. The number of aliphatic hydroxyl groups is 1. The SMILES string of the molecule is CCc1cnc(CCNC(=O)NC2CCCCCC2CO)s1. The van der Waals surface area contributed by atoms with Crippen LogP contribution in [0.5, 0.6) is 0 Å². The monoisotopic (exact) mass is 325 g/mol. The first-order chi connectivity index (χ1) is 10.7. The van der Waals surface area contributed by atoms with E-state index < -0.39 is 0 Å². The van der Waals surface area contributed by atoms with E-state index in [1.807, 2.05) is 6.20 Å². The third-order valence-electron chi connectivity index (χ3n) is 4.28. The topological polar surface area (TPSA) is 74.2 Å². The fraction of sp³-hybridized carbons (Fsp3) is 0.750. The molecule has 22 heavy (non-hydrogen) atoms. The Morgan fingerprint density at radius 1 is 1.41 bits per heavy atom. The van der Waals surface area contributed by atoms with Crippen LogP contribution >= 0.6 is 11.3 Å². The largest absolute Gasteiger partial charge is 0.396 e. The molecule has 2 rings (SSSR count). The molecule has 1 aliphatic rings. The molecule has 124 valence electrons. The highest BCUT2D eigenvalue weighted by Crippen LogP contribution is 2.23. The Morgan fingerprint density at radius 3 is 2.95 bits per heavy atom. The molecule has 1 aromatic heterocycles. The molecule has 2 unspecified atom stereocenters. The van der Waals surface area contributed by atoms with Crippen molar-refractivity contribution in [1.82, 2.24) is 15.6 Å². The van der Waals surface area contributed by atoms with E-state index >= 15 is 0 Å². The van der Waals surface area contributed by atoms with Crippen molar-refractivity contribution in [3.8, 4) is 0 Å². The zero-order valence-electron chi connectivity index (χ0n) is 13.3. The molecule has 0 aromatic carbocycles. The van der Waals surface area contributed by atoms with Crippen LogP contribution in [-0.2, 0) is 12.8 Å². The molecule has 2 atom stereocenters. The van der Waals surface area contributed by atoms with Gasteiger partial charge in [0.15, 0.2) is 0 Å². The van der Waals surface area contributed by atoms with Gasteiger partial charge in [-0.25, -0.2) is 9.78 Å². The molecular formula is C16H27N3O2S. The summed E-state index contributed by atoms with van der Waals surface area (Å²) in [6.45, 7) is 2.87. The van der Waals surface area contributed by atoms with Crippen LogP contribution < -0.4 is 10.6 Å². The second-order valence-corrected chi connectivity index (χ2v) is 7.11. The molecular weight excluding hydrogens is 298 g/mol. The van der Waals surface area contributed by atoms with Crippen LogP contribution in [0, 0.1) is 5.92 Å². The fourth-order valence-corrected chi connectivity index (χ4v) is 3.78. The Hall–Kier alpha value is -1.14. The molecule has 1 heterocycles. The van der Waals surface area contributed by atoms with Crippen molar-refractivity contribution in [3.63, 3.8) is 0 Å². The number of hydrogen-bond acceptors (Lipinski definition) is 4. The Kier molecular flexibility index (Phi) is 7.12. The molecule has 5 nitrogen and oxygen atoms in total. The first-order valence-electron chi connectivity index (χ1n) is 8.31. The number of amides is 2. The van der Waals surface area contributed by atoms with E-state index in [2.05, 4.69) is 22.5 Å². The highest BCUT2D eigenvalue weighted by molar-refractivity contribution is 7.11. The van der Waals surface area contributed by atoms with Crippen molar-refractivity contribution in [2.45, 2.75) is 57.9 Å². The summed E-state index contributed by atoms with van der Waals surface area (Å²) < 4.78 is 0. The number of rotatable bonds is 6. The summed E-state index contributed by atoms with van der Waals surface area (Å²) in [6.07, 6.45) is 9.13. The summed E-state index contributed by atoms with van der Waals surface area (Å²) in [7, 11) is 0. The van der Waals surface area contributed by atoms with Crippen LogP contribution in [0.1, 0.15) is 48.9 Å². The van der Waals surface area contributed by atoms with Crippen LogP contribution in [-0.4, -0.2) is 35.3 Å². The van der Waals surface area contributed by atoms with Gasteiger partial charge < -0.3 is 15.7 Å². The number of nitrogens with zero attached hydrogens (tertiary/aromatic N) is 1. The predicted molar refractivity (Wildman–Crippen MR) is 89.2 cm³/mol. The van der Waals surface area contributed by atoms with Crippen molar-refractivity contribution in [3.05, 3.63) is 16.1 Å². The highest BCUT2D eigenvalue weighted by Gasteiger charge is 2.24.